The molecule has 0 aromatic carbocycles. The van der Waals surface area contributed by atoms with Gasteiger partial charge in [-0.2, -0.15) is 0 Å². The molecular formula is C11H19ClN2O. The van der Waals surface area contributed by atoms with Crippen LogP contribution in [-0.4, -0.2) is 54.3 Å². The number of hydrogen-bond donors (Lipinski definition) is 0. The van der Waals surface area contributed by atoms with Gasteiger partial charge in [-0.3, -0.25) is 4.79 Å². The first-order valence-corrected chi connectivity index (χ1v) is 6.28. The van der Waals surface area contributed by atoms with Gasteiger partial charge in [0, 0.05) is 25.7 Å². The number of nitrogens with zero attached hydrogens (tertiary/aromatic N) is 2. The molecule has 0 unspecified atom stereocenters. The van der Waals surface area contributed by atoms with Crippen molar-refractivity contribution in [1.29, 1.82) is 0 Å². The molecule has 0 aromatic heterocycles. The summed E-state index contributed by atoms with van der Waals surface area (Å²) in [6.45, 7) is 2.94. The summed E-state index contributed by atoms with van der Waals surface area (Å²) in [6, 6.07) is 0.822. The number of carbonyl (C=O) groups is 1. The largest absolute Gasteiger partial charge is 0.341 e. The van der Waals surface area contributed by atoms with E-state index in [0.717, 1.165) is 32.1 Å². The number of carbonyl (C=O) groups excluding carboxylic acids is 1. The maximum atomic E-state index is 11.4. The summed E-state index contributed by atoms with van der Waals surface area (Å²) in [5, 5.41) is 0. The SMILES string of the molecule is CN(C[C@H]1CCN(C(=O)CCl)C1)C1CC1. The lowest BCUT2D eigenvalue weighted by Gasteiger charge is -2.20. The van der Waals surface area contributed by atoms with Crippen LogP contribution in [0, 0.1) is 5.92 Å². The first-order valence-electron chi connectivity index (χ1n) is 5.74. The summed E-state index contributed by atoms with van der Waals surface area (Å²) in [4.78, 5) is 15.7. The molecule has 1 amide bonds. The highest BCUT2D eigenvalue weighted by atomic mass is 35.5. The molecule has 1 saturated carbocycles. The Bertz CT molecular complexity index is 243. The van der Waals surface area contributed by atoms with Crippen molar-refractivity contribution >= 4 is 17.5 Å². The Morgan fingerprint density at radius 3 is 2.80 bits per heavy atom. The fourth-order valence-corrected chi connectivity index (χ4v) is 2.53. The zero-order valence-corrected chi connectivity index (χ0v) is 10.0. The van der Waals surface area contributed by atoms with Gasteiger partial charge in [0.25, 0.3) is 0 Å². The quantitative estimate of drug-likeness (QED) is 0.677. The number of likely N-dealkylation sites (tertiary alicyclic amines) is 1. The van der Waals surface area contributed by atoms with Gasteiger partial charge in [-0.15, -0.1) is 11.6 Å². The Labute approximate surface area is 96.4 Å². The van der Waals surface area contributed by atoms with E-state index >= 15 is 0 Å². The third kappa shape index (κ3) is 2.85. The minimum Gasteiger partial charge on any atom is -0.341 e. The van der Waals surface area contributed by atoms with E-state index in [1.807, 2.05) is 4.90 Å². The molecule has 0 spiro atoms. The monoisotopic (exact) mass is 230 g/mol. The molecule has 3 nitrogen and oxygen atoms in total. The summed E-state index contributed by atoms with van der Waals surface area (Å²) in [5.74, 6) is 0.876. The lowest BCUT2D eigenvalue weighted by Crippen LogP contribution is -2.32. The van der Waals surface area contributed by atoms with Crippen molar-refractivity contribution in [3.63, 3.8) is 0 Å². The van der Waals surface area contributed by atoms with E-state index in [0.29, 0.717) is 5.92 Å². The van der Waals surface area contributed by atoms with Gasteiger partial charge < -0.3 is 9.80 Å². The molecule has 1 aliphatic heterocycles. The van der Waals surface area contributed by atoms with Gasteiger partial charge in [-0.1, -0.05) is 0 Å². The lowest BCUT2D eigenvalue weighted by atomic mass is 10.1. The first kappa shape index (κ1) is 11.2. The highest BCUT2D eigenvalue weighted by molar-refractivity contribution is 6.27. The van der Waals surface area contributed by atoms with Gasteiger partial charge in [-0.05, 0) is 32.2 Å². The van der Waals surface area contributed by atoms with Crippen molar-refractivity contribution in [2.75, 3.05) is 32.6 Å². The van der Waals surface area contributed by atoms with E-state index in [-0.39, 0.29) is 11.8 Å². The smallest absolute Gasteiger partial charge is 0.237 e. The third-order valence-electron chi connectivity index (χ3n) is 3.47. The average Bonchev–Trinajstić information content (AvgIpc) is 2.99. The van der Waals surface area contributed by atoms with Crippen molar-refractivity contribution < 1.29 is 4.79 Å². The van der Waals surface area contributed by atoms with Crippen LogP contribution in [0.15, 0.2) is 0 Å². The van der Waals surface area contributed by atoms with Gasteiger partial charge in [0.2, 0.25) is 5.91 Å². The Kier molecular flexibility index (Phi) is 3.52. The number of alkyl halides is 1. The normalized spacial score (nSPS) is 26.3. The van der Waals surface area contributed by atoms with E-state index in [4.69, 9.17) is 11.6 Å². The van der Waals surface area contributed by atoms with Crippen molar-refractivity contribution in [3.05, 3.63) is 0 Å². The van der Waals surface area contributed by atoms with E-state index in [1.165, 1.54) is 12.8 Å². The van der Waals surface area contributed by atoms with Crippen LogP contribution < -0.4 is 0 Å². The molecule has 86 valence electrons. The summed E-state index contributed by atoms with van der Waals surface area (Å²) in [7, 11) is 2.20. The molecule has 2 rings (SSSR count). The topological polar surface area (TPSA) is 23.6 Å². The van der Waals surface area contributed by atoms with Crippen molar-refractivity contribution in [2.45, 2.75) is 25.3 Å². The minimum atomic E-state index is 0.0910. The van der Waals surface area contributed by atoms with Gasteiger partial charge in [0.1, 0.15) is 5.88 Å². The van der Waals surface area contributed by atoms with Crippen molar-refractivity contribution in [1.82, 2.24) is 9.80 Å². The average molecular weight is 231 g/mol. The summed E-state index contributed by atoms with van der Waals surface area (Å²) < 4.78 is 0. The van der Waals surface area contributed by atoms with Crippen LogP contribution in [-0.2, 0) is 4.79 Å². The zero-order valence-electron chi connectivity index (χ0n) is 9.29. The molecule has 0 radical (unpaired) electrons. The van der Waals surface area contributed by atoms with Gasteiger partial charge in [0.05, 0.1) is 0 Å². The van der Waals surface area contributed by atoms with Crippen molar-refractivity contribution in [2.24, 2.45) is 5.92 Å². The molecule has 2 fully saturated rings. The maximum Gasteiger partial charge on any atom is 0.237 e. The first-order chi connectivity index (χ1) is 7.20. The number of rotatable bonds is 4. The second-order valence-corrected chi connectivity index (χ2v) is 5.07. The molecule has 1 saturated heterocycles. The molecule has 0 aromatic rings. The summed E-state index contributed by atoms with van der Waals surface area (Å²) in [5.41, 5.74) is 0. The highest BCUT2D eigenvalue weighted by Gasteiger charge is 2.31. The van der Waals surface area contributed by atoms with E-state index in [1.54, 1.807) is 0 Å². The van der Waals surface area contributed by atoms with Crippen LogP contribution in [0.5, 0.6) is 0 Å². The summed E-state index contributed by atoms with van der Waals surface area (Å²) in [6.07, 6.45) is 3.85. The van der Waals surface area contributed by atoms with E-state index in [9.17, 15) is 4.79 Å². The number of hydrogen-bond acceptors (Lipinski definition) is 2. The van der Waals surface area contributed by atoms with Gasteiger partial charge >= 0.3 is 0 Å². The Morgan fingerprint density at radius 1 is 1.47 bits per heavy atom. The van der Waals surface area contributed by atoms with Crippen LogP contribution in [0.1, 0.15) is 19.3 Å². The molecule has 15 heavy (non-hydrogen) atoms. The Balaban J connectivity index is 1.74. The summed E-state index contributed by atoms with van der Waals surface area (Å²) >= 11 is 5.54. The van der Waals surface area contributed by atoms with Crippen molar-refractivity contribution in [3.8, 4) is 0 Å². The second kappa shape index (κ2) is 4.71. The molecule has 1 atom stereocenters. The predicted octanol–water partition coefficient (Wildman–Crippen LogP) is 1.17. The molecule has 4 heteroatoms. The van der Waals surface area contributed by atoms with Crippen LogP contribution in [0.25, 0.3) is 0 Å². The lowest BCUT2D eigenvalue weighted by molar-refractivity contribution is -0.127. The van der Waals surface area contributed by atoms with Crippen LogP contribution >= 0.6 is 11.6 Å². The molecular weight excluding hydrogens is 212 g/mol. The Morgan fingerprint density at radius 2 is 2.20 bits per heavy atom. The molecule has 0 bridgehead atoms. The number of amides is 1. The van der Waals surface area contributed by atoms with E-state index in [2.05, 4.69) is 11.9 Å². The van der Waals surface area contributed by atoms with Gasteiger partial charge in [0.15, 0.2) is 0 Å². The van der Waals surface area contributed by atoms with Crippen LogP contribution in [0.3, 0.4) is 0 Å². The Hall–Kier alpha value is -0.280. The second-order valence-electron chi connectivity index (χ2n) is 4.80. The van der Waals surface area contributed by atoms with Gasteiger partial charge in [-0.25, -0.2) is 0 Å². The fraction of sp³-hybridized carbons (Fsp3) is 0.909. The third-order valence-corrected chi connectivity index (χ3v) is 3.70. The van der Waals surface area contributed by atoms with E-state index < -0.39 is 0 Å². The fourth-order valence-electron chi connectivity index (χ4n) is 2.36. The molecule has 2 aliphatic rings. The molecule has 0 N–H and O–H groups in total. The molecule has 1 aliphatic carbocycles. The predicted molar refractivity (Wildman–Crippen MR) is 61.1 cm³/mol. The zero-order chi connectivity index (χ0) is 10.8. The number of halogens is 1. The van der Waals surface area contributed by atoms with Crippen LogP contribution in [0.4, 0.5) is 0 Å². The standard InChI is InChI=1S/C11H19ClN2O/c1-13(10-2-3-10)7-9-4-5-14(8-9)11(15)6-12/h9-10H,2-8H2,1H3/t9-/m1/s1. The maximum absolute atomic E-state index is 11.4. The van der Waals surface area contributed by atoms with Crippen LogP contribution in [0.2, 0.25) is 0 Å². The molecule has 1 heterocycles. The highest BCUT2D eigenvalue weighted by Crippen LogP contribution is 2.27. The minimum absolute atomic E-state index is 0.0910.